The highest BCUT2D eigenvalue weighted by molar-refractivity contribution is 7.20. The molecule has 3 aromatic heterocycles. The largest absolute Gasteiger partial charge is 0.462 e. The molecule has 0 bridgehead atoms. The van der Waals surface area contributed by atoms with Crippen LogP contribution in [0.3, 0.4) is 0 Å². The summed E-state index contributed by atoms with van der Waals surface area (Å²) in [4.78, 5) is 22.1. The molecule has 124 valence electrons. The molecule has 0 aliphatic rings. The fourth-order valence-corrected chi connectivity index (χ4v) is 4.55. The summed E-state index contributed by atoms with van der Waals surface area (Å²) in [6.45, 7) is 2.14. The Kier molecular flexibility index (Phi) is 4.29. The van der Waals surface area contributed by atoms with Crippen molar-refractivity contribution in [3.8, 4) is 21.8 Å². The van der Waals surface area contributed by atoms with Crippen molar-refractivity contribution in [3.05, 3.63) is 58.9 Å². The van der Waals surface area contributed by atoms with Gasteiger partial charge in [0.15, 0.2) is 0 Å². The number of benzene rings is 1. The molecule has 0 N–H and O–H groups in total. The molecule has 0 fully saturated rings. The Morgan fingerprint density at radius 3 is 2.80 bits per heavy atom. The number of aromatic nitrogens is 2. The smallest absolute Gasteiger partial charge is 0.350 e. The topological polar surface area (TPSA) is 52.1 Å². The Hall–Kier alpha value is -2.57. The number of nitrogens with zero attached hydrogens (tertiary/aromatic N) is 2. The summed E-state index contributed by atoms with van der Waals surface area (Å²) in [7, 11) is 0. The fourth-order valence-electron chi connectivity index (χ4n) is 2.60. The molecule has 0 amide bonds. The van der Waals surface area contributed by atoms with Gasteiger partial charge in [0.05, 0.1) is 22.5 Å². The Balaban J connectivity index is 1.90. The van der Waals surface area contributed by atoms with Crippen LogP contribution in [0.25, 0.3) is 32.0 Å². The molecule has 4 rings (SSSR count). The molecule has 0 aliphatic heterocycles. The van der Waals surface area contributed by atoms with Crippen molar-refractivity contribution in [2.75, 3.05) is 6.61 Å². The van der Waals surface area contributed by atoms with Crippen molar-refractivity contribution < 1.29 is 9.53 Å². The molecule has 0 radical (unpaired) electrons. The van der Waals surface area contributed by atoms with E-state index in [0.29, 0.717) is 17.2 Å². The Morgan fingerprint density at radius 2 is 2.00 bits per heavy atom. The molecule has 0 saturated heterocycles. The van der Waals surface area contributed by atoms with Crippen LogP contribution in [0.2, 0.25) is 0 Å². The molecule has 4 aromatic rings. The predicted molar refractivity (Wildman–Crippen MR) is 102 cm³/mol. The van der Waals surface area contributed by atoms with E-state index < -0.39 is 0 Å². The van der Waals surface area contributed by atoms with Gasteiger partial charge < -0.3 is 4.74 Å². The maximum Gasteiger partial charge on any atom is 0.350 e. The van der Waals surface area contributed by atoms with E-state index in [4.69, 9.17) is 9.72 Å². The minimum absolute atomic E-state index is 0.332. The van der Waals surface area contributed by atoms with Gasteiger partial charge in [0.1, 0.15) is 9.88 Å². The third-order valence-corrected chi connectivity index (χ3v) is 5.72. The molecule has 0 aliphatic carbocycles. The van der Waals surface area contributed by atoms with Crippen molar-refractivity contribution in [3.63, 3.8) is 0 Å². The second kappa shape index (κ2) is 6.74. The highest BCUT2D eigenvalue weighted by atomic mass is 32.1. The number of carbonyl (C=O) groups excluding carboxylic acids is 1. The van der Waals surface area contributed by atoms with Crippen LogP contribution >= 0.6 is 22.7 Å². The third-order valence-electron chi connectivity index (χ3n) is 3.71. The van der Waals surface area contributed by atoms with E-state index in [1.807, 2.05) is 47.8 Å². The van der Waals surface area contributed by atoms with Gasteiger partial charge in [-0.1, -0.05) is 30.3 Å². The van der Waals surface area contributed by atoms with E-state index in [2.05, 4.69) is 4.98 Å². The van der Waals surface area contributed by atoms with Crippen molar-refractivity contribution in [2.24, 2.45) is 0 Å². The molecule has 0 unspecified atom stereocenters. The van der Waals surface area contributed by atoms with Crippen LogP contribution in [-0.4, -0.2) is 22.5 Å². The van der Waals surface area contributed by atoms with Gasteiger partial charge in [-0.15, -0.1) is 22.7 Å². The van der Waals surface area contributed by atoms with Crippen molar-refractivity contribution in [2.45, 2.75) is 6.92 Å². The number of pyridine rings is 1. The Morgan fingerprint density at radius 1 is 1.16 bits per heavy atom. The zero-order valence-electron chi connectivity index (χ0n) is 13.4. The summed E-state index contributed by atoms with van der Waals surface area (Å²) >= 11 is 2.99. The number of ether oxygens (including phenoxy) is 1. The monoisotopic (exact) mass is 366 g/mol. The average molecular weight is 366 g/mol. The zero-order valence-corrected chi connectivity index (χ0v) is 15.1. The Labute approximate surface area is 152 Å². The normalized spacial score (nSPS) is 10.9. The van der Waals surface area contributed by atoms with Crippen molar-refractivity contribution >= 4 is 38.9 Å². The van der Waals surface area contributed by atoms with Crippen LogP contribution < -0.4 is 0 Å². The highest BCUT2D eigenvalue weighted by Crippen LogP contribution is 2.38. The molecule has 4 nitrogen and oxygen atoms in total. The summed E-state index contributed by atoms with van der Waals surface area (Å²) in [5.41, 5.74) is 3.51. The quantitative estimate of drug-likeness (QED) is 0.462. The molecule has 0 atom stereocenters. The van der Waals surface area contributed by atoms with Crippen LogP contribution in [0.4, 0.5) is 0 Å². The first-order valence-electron chi connectivity index (χ1n) is 7.84. The Bertz CT molecular complexity index is 1040. The lowest BCUT2D eigenvalue weighted by Crippen LogP contribution is -2.03. The van der Waals surface area contributed by atoms with Gasteiger partial charge in [0, 0.05) is 17.3 Å². The fraction of sp³-hybridized carbons (Fsp3) is 0.105. The summed E-state index contributed by atoms with van der Waals surface area (Å²) in [5, 5.41) is 2.82. The van der Waals surface area contributed by atoms with Crippen molar-refractivity contribution in [1.82, 2.24) is 9.97 Å². The van der Waals surface area contributed by atoms with Crippen LogP contribution in [0.1, 0.15) is 16.6 Å². The lowest BCUT2D eigenvalue weighted by atomic mass is 10.1. The SMILES string of the molecule is CCOC(=O)c1sc(-c2ccnc3ccsc23)nc1-c1ccccc1. The van der Waals surface area contributed by atoms with Crippen LogP contribution in [0.15, 0.2) is 54.0 Å². The molecular formula is C19H14N2O2S2. The maximum atomic E-state index is 12.4. The van der Waals surface area contributed by atoms with Gasteiger partial charge in [-0.2, -0.15) is 0 Å². The molecule has 25 heavy (non-hydrogen) atoms. The second-order valence-electron chi connectivity index (χ2n) is 5.28. The minimum Gasteiger partial charge on any atom is -0.462 e. The first kappa shape index (κ1) is 15.9. The van der Waals surface area contributed by atoms with Gasteiger partial charge in [-0.3, -0.25) is 4.98 Å². The number of fused-ring (bicyclic) bond motifs is 1. The predicted octanol–water partition coefficient (Wildman–Crippen LogP) is 5.26. The van der Waals surface area contributed by atoms with Crippen molar-refractivity contribution in [1.29, 1.82) is 0 Å². The summed E-state index contributed by atoms with van der Waals surface area (Å²) in [5.74, 6) is -0.332. The summed E-state index contributed by atoms with van der Waals surface area (Å²) in [6.07, 6.45) is 1.78. The summed E-state index contributed by atoms with van der Waals surface area (Å²) < 4.78 is 6.31. The third kappa shape index (κ3) is 2.94. The zero-order chi connectivity index (χ0) is 17.2. The van der Waals surface area contributed by atoms with Gasteiger partial charge in [0.2, 0.25) is 0 Å². The van der Waals surface area contributed by atoms with Gasteiger partial charge >= 0.3 is 5.97 Å². The van der Waals surface area contributed by atoms with Crippen LogP contribution in [0, 0.1) is 0 Å². The van der Waals surface area contributed by atoms with Crippen LogP contribution in [-0.2, 0) is 4.74 Å². The van der Waals surface area contributed by atoms with E-state index in [1.165, 1.54) is 11.3 Å². The number of thiophene rings is 1. The van der Waals surface area contributed by atoms with Gasteiger partial charge in [-0.25, -0.2) is 9.78 Å². The standard InChI is InChI=1S/C19H14N2O2S2/c1-2-23-19(22)17-15(12-6-4-3-5-7-12)21-18(25-17)13-8-10-20-14-9-11-24-16(13)14/h3-11H,2H2,1H3. The number of carbonyl (C=O) groups is 1. The lowest BCUT2D eigenvalue weighted by molar-refractivity contribution is 0.0532. The summed E-state index contributed by atoms with van der Waals surface area (Å²) in [6, 6.07) is 13.7. The molecule has 0 saturated carbocycles. The number of thiazole rings is 1. The highest BCUT2D eigenvalue weighted by Gasteiger charge is 2.22. The molecule has 1 aromatic carbocycles. The number of esters is 1. The second-order valence-corrected chi connectivity index (χ2v) is 7.19. The van der Waals surface area contributed by atoms with Crippen LogP contribution in [0.5, 0.6) is 0 Å². The van der Waals surface area contributed by atoms with E-state index in [1.54, 1.807) is 24.5 Å². The molecule has 3 heterocycles. The number of hydrogen-bond donors (Lipinski definition) is 0. The first-order valence-corrected chi connectivity index (χ1v) is 9.53. The number of hydrogen-bond acceptors (Lipinski definition) is 6. The minimum atomic E-state index is -0.332. The molecule has 6 heteroatoms. The van der Waals surface area contributed by atoms with Gasteiger partial charge in [0.25, 0.3) is 0 Å². The first-order chi connectivity index (χ1) is 12.3. The van der Waals surface area contributed by atoms with E-state index >= 15 is 0 Å². The van der Waals surface area contributed by atoms with E-state index in [0.717, 1.165) is 26.4 Å². The average Bonchev–Trinajstić information content (AvgIpc) is 3.29. The van der Waals surface area contributed by atoms with E-state index in [9.17, 15) is 4.79 Å². The lowest BCUT2D eigenvalue weighted by Gasteiger charge is -2.01. The molecular weight excluding hydrogens is 352 g/mol. The van der Waals surface area contributed by atoms with E-state index in [-0.39, 0.29) is 5.97 Å². The van der Waals surface area contributed by atoms with Gasteiger partial charge in [-0.05, 0) is 24.4 Å². The molecule has 0 spiro atoms. The number of rotatable bonds is 4. The maximum absolute atomic E-state index is 12.4.